The largest absolute Gasteiger partial charge is 0.462 e. The first-order valence-electron chi connectivity index (χ1n) is 12.8. The fourth-order valence-electron chi connectivity index (χ4n) is 8.59. The molecule has 0 heterocycles. The van der Waals surface area contributed by atoms with Gasteiger partial charge in [0.25, 0.3) is 0 Å². The molecule has 1 fully saturated rings. The van der Waals surface area contributed by atoms with Crippen LogP contribution in [-0.2, 0) is 9.53 Å². The molecule has 0 aromatic carbocycles. The molecule has 1 saturated carbocycles. The fraction of sp³-hybridized carbons (Fsp3) is 0.821. The third-order valence-corrected chi connectivity index (χ3v) is 10.2. The van der Waals surface area contributed by atoms with Gasteiger partial charge in [-0.25, -0.2) is 0 Å². The summed E-state index contributed by atoms with van der Waals surface area (Å²) < 4.78 is 5.81. The summed E-state index contributed by atoms with van der Waals surface area (Å²) >= 11 is 0. The topological polar surface area (TPSA) is 46.5 Å². The summed E-state index contributed by atoms with van der Waals surface area (Å²) in [6.45, 7) is 14.0. The van der Waals surface area contributed by atoms with Crippen LogP contribution in [0, 0.1) is 34.0 Å². The molecular weight excluding hydrogens is 384 g/mol. The first-order valence-corrected chi connectivity index (χ1v) is 12.8. The smallest absolute Gasteiger partial charge is 0.302 e. The Morgan fingerprint density at radius 1 is 1.16 bits per heavy atom. The Labute approximate surface area is 189 Å². The second kappa shape index (κ2) is 8.04. The summed E-state index contributed by atoms with van der Waals surface area (Å²) in [7, 11) is 0. The van der Waals surface area contributed by atoms with Gasteiger partial charge in [0.15, 0.2) is 0 Å². The number of carbonyl (C=O) groups is 1. The third-order valence-electron chi connectivity index (χ3n) is 10.2. The van der Waals surface area contributed by atoms with Crippen LogP contribution in [0.15, 0.2) is 22.8 Å². The van der Waals surface area contributed by atoms with Crippen molar-refractivity contribution in [2.75, 3.05) is 6.61 Å². The summed E-state index contributed by atoms with van der Waals surface area (Å²) in [6, 6.07) is 0. The normalized spacial score (nSPS) is 39.8. The summed E-state index contributed by atoms with van der Waals surface area (Å²) in [4.78, 5) is 11.7. The van der Waals surface area contributed by atoms with E-state index in [4.69, 9.17) is 4.74 Å². The molecule has 0 amide bonds. The van der Waals surface area contributed by atoms with Gasteiger partial charge < -0.3 is 9.84 Å². The highest BCUT2D eigenvalue weighted by atomic mass is 16.5. The molecule has 0 saturated heterocycles. The van der Waals surface area contributed by atoms with Crippen LogP contribution >= 0.6 is 0 Å². The Balaban J connectivity index is 1.63. The van der Waals surface area contributed by atoms with E-state index in [0.29, 0.717) is 29.8 Å². The number of rotatable bonds is 5. The van der Waals surface area contributed by atoms with Crippen LogP contribution in [0.1, 0.15) is 99.3 Å². The number of ether oxygens (including phenoxy) is 1. The van der Waals surface area contributed by atoms with E-state index in [1.807, 2.05) is 0 Å². The third kappa shape index (κ3) is 3.54. The van der Waals surface area contributed by atoms with Crippen molar-refractivity contribution >= 4 is 5.97 Å². The highest BCUT2D eigenvalue weighted by Gasteiger charge is 2.58. The predicted octanol–water partition coefficient (Wildman–Crippen LogP) is 6.61. The van der Waals surface area contributed by atoms with Gasteiger partial charge in [-0.3, -0.25) is 4.79 Å². The van der Waals surface area contributed by atoms with Crippen LogP contribution in [0.25, 0.3) is 0 Å². The summed E-state index contributed by atoms with van der Waals surface area (Å²) in [5.74, 6) is 1.81. The van der Waals surface area contributed by atoms with E-state index in [1.165, 1.54) is 32.1 Å². The van der Waals surface area contributed by atoms with Gasteiger partial charge in [-0.15, -0.1) is 0 Å². The number of carbonyl (C=O) groups excluding carboxylic acids is 1. The molecule has 3 nitrogen and oxygen atoms in total. The van der Waals surface area contributed by atoms with Crippen molar-refractivity contribution in [1.82, 2.24) is 0 Å². The van der Waals surface area contributed by atoms with Crippen LogP contribution in [0.4, 0.5) is 0 Å². The van der Waals surface area contributed by atoms with E-state index in [0.717, 1.165) is 25.7 Å². The maximum atomic E-state index is 11.7. The summed E-state index contributed by atoms with van der Waals surface area (Å²) in [6.07, 6.45) is 12.9. The molecule has 0 spiro atoms. The molecule has 0 aromatic rings. The molecule has 0 unspecified atom stereocenters. The van der Waals surface area contributed by atoms with Gasteiger partial charge in [0.05, 0.1) is 0 Å². The zero-order chi connectivity index (χ0) is 22.6. The van der Waals surface area contributed by atoms with Crippen LogP contribution in [0.3, 0.4) is 0 Å². The van der Waals surface area contributed by atoms with Crippen LogP contribution in [0.2, 0.25) is 0 Å². The number of aliphatic hydroxyl groups is 1. The van der Waals surface area contributed by atoms with Crippen molar-refractivity contribution in [1.29, 1.82) is 0 Å². The van der Waals surface area contributed by atoms with Gasteiger partial charge in [-0.1, -0.05) is 46.3 Å². The number of aliphatic hydroxyl groups excluding tert-OH is 1. The molecule has 4 aliphatic carbocycles. The van der Waals surface area contributed by atoms with Crippen molar-refractivity contribution in [3.05, 3.63) is 22.8 Å². The number of fused-ring (bicyclic) bond motifs is 4. The molecule has 4 aliphatic rings. The van der Waals surface area contributed by atoms with Crippen LogP contribution in [-0.4, -0.2) is 23.8 Å². The molecule has 1 N–H and O–H groups in total. The van der Waals surface area contributed by atoms with Crippen LogP contribution < -0.4 is 0 Å². The van der Waals surface area contributed by atoms with E-state index in [2.05, 4.69) is 40.7 Å². The van der Waals surface area contributed by atoms with Crippen molar-refractivity contribution in [2.24, 2.45) is 34.0 Å². The second-order valence-corrected chi connectivity index (χ2v) is 12.1. The lowest BCUT2D eigenvalue weighted by Crippen LogP contribution is -2.54. The zero-order valence-corrected chi connectivity index (χ0v) is 20.7. The molecule has 0 aliphatic heterocycles. The van der Waals surface area contributed by atoms with Gasteiger partial charge >= 0.3 is 5.97 Å². The minimum Gasteiger partial charge on any atom is -0.462 e. The van der Waals surface area contributed by atoms with E-state index in [-0.39, 0.29) is 22.9 Å². The van der Waals surface area contributed by atoms with E-state index >= 15 is 0 Å². The van der Waals surface area contributed by atoms with Crippen molar-refractivity contribution in [3.8, 4) is 0 Å². The van der Waals surface area contributed by atoms with Gasteiger partial charge in [-0.05, 0) is 97.5 Å². The maximum Gasteiger partial charge on any atom is 0.302 e. The summed E-state index contributed by atoms with van der Waals surface area (Å²) in [5, 5.41) is 9.31. The highest BCUT2D eigenvalue weighted by Crippen LogP contribution is 2.66. The number of allylic oxidation sites excluding steroid dienone is 4. The van der Waals surface area contributed by atoms with Gasteiger partial charge in [0, 0.05) is 18.9 Å². The SMILES string of the molecule is CC(=O)O[C@H]1CC[C@]2(C)C3=C(CC[C@H]2C1(C)C)C1=CC[C@H]([C@H](C)CCCO)[C@@]1(C)CC3. The predicted molar refractivity (Wildman–Crippen MR) is 125 cm³/mol. The quantitative estimate of drug-likeness (QED) is 0.501. The number of hydrogen-bond acceptors (Lipinski definition) is 3. The van der Waals surface area contributed by atoms with E-state index < -0.39 is 0 Å². The Hall–Kier alpha value is -1.09. The van der Waals surface area contributed by atoms with Crippen molar-refractivity contribution in [3.63, 3.8) is 0 Å². The lowest BCUT2D eigenvalue weighted by molar-refractivity contribution is -0.166. The Morgan fingerprint density at radius 2 is 1.90 bits per heavy atom. The van der Waals surface area contributed by atoms with Gasteiger partial charge in [-0.2, -0.15) is 0 Å². The molecule has 6 atom stereocenters. The number of hydrogen-bond donors (Lipinski definition) is 1. The van der Waals surface area contributed by atoms with E-state index in [1.54, 1.807) is 23.6 Å². The van der Waals surface area contributed by atoms with E-state index in [9.17, 15) is 9.90 Å². The lowest BCUT2D eigenvalue weighted by Gasteiger charge is -2.59. The average molecular weight is 429 g/mol. The Bertz CT molecular complexity index is 790. The van der Waals surface area contributed by atoms with Crippen molar-refractivity contribution in [2.45, 2.75) is 105 Å². The summed E-state index contributed by atoms with van der Waals surface area (Å²) in [5.41, 5.74) is 5.67. The first-order chi connectivity index (χ1) is 14.6. The Kier molecular flexibility index (Phi) is 5.99. The monoisotopic (exact) mass is 428 g/mol. The maximum absolute atomic E-state index is 11.7. The first kappa shape index (κ1) is 23.1. The second-order valence-electron chi connectivity index (χ2n) is 12.1. The highest BCUT2D eigenvalue weighted by molar-refractivity contribution is 5.66. The zero-order valence-electron chi connectivity index (χ0n) is 20.7. The average Bonchev–Trinajstić information content (AvgIpc) is 3.05. The number of esters is 1. The molecule has 31 heavy (non-hydrogen) atoms. The molecule has 3 heteroatoms. The molecule has 0 radical (unpaired) electrons. The minimum atomic E-state index is -0.136. The van der Waals surface area contributed by atoms with Gasteiger partial charge in [0.1, 0.15) is 6.10 Å². The Morgan fingerprint density at radius 3 is 2.58 bits per heavy atom. The molecule has 0 aromatic heterocycles. The fourth-order valence-corrected chi connectivity index (χ4v) is 8.59. The standard InChI is InChI=1S/C28H44O3/c1-18(8-7-17-29)21-10-11-22-20-9-12-24-26(3,4)25(31-19(2)30)14-16-28(24,6)23(20)13-15-27(21,22)5/h11,18,21,24-25,29H,7-10,12-17H2,1-6H3/t18-,21-,24+,25+,27-,28-/m1/s1. The lowest BCUT2D eigenvalue weighted by atomic mass is 9.46. The molecule has 0 bridgehead atoms. The molecular formula is C28H44O3. The minimum absolute atomic E-state index is 0.0172. The van der Waals surface area contributed by atoms with Crippen LogP contribution in [0.5, 0.6) is 0 Å². The van der Waals surface area contributed by atoms with Crippen molar-refractivity contribution < 1.29 is 14.6 Å². The molecule has 4 rings (SSSR count). The molecule has 174 valence electrons. The van der Waals surface area contributed by atoms with Gasteiger partial charge in [0.2, 0.25) is 0 Å².